The summed E-state index contributed by atoms with van der Waals surface area (Å²) in [7, 11) is 1.92. The average Bonchev–Trinajstić information content (AvgIpc) is 2.98. The SMILES string of the molecule is CC(C(=O)c1ccc(Cl)s1)N(C)Cc1ccoc1. The number of thiophene rings is 1. The molecule has 2 aromatic rings. The second-order valence-corrected chi connectivity index (χ2v) is 5.91. The monoisotopic (exact) mass is 283 g/mol. The van der Waals surface area contributed by atoms with E-state index in [2.05, 4.69) is 0 Å². The maximum atomic E-state index is 12.2. The molecule has 2 aromatic heterocycles. The van der Waals surface area contributed by atoms with Crippen LogP contribution in [0.5, 0.6) is 0 Å². The lowest BCUT2D eigenvalue weighted by molar-refractivity contribution is 0.0866. The Balaban J connectivity index is 2.02. The third-order valence-corrected chi connectivity index (χ3v) is 4.11. The van der Waals surface area contributed by atoms with Crippen molar-refractivity contribution < 1.29 is 9.21 Å². The van der Waals surface area contributed by atoms with Gasteiger partial charge in [0.2, 0.25) is 0 Å². The molecule has 0 aliphatic heterocycles. The van der Waals surface area contributed by atoms with Crippen LogP contribution < -0.4 is 0 Å². The number of furan rings is 1. The van der Waals surface area contributed by atoms with Gasteiger partial charge in [-0.25, -0.2) is 0 Å². The molecule has 18 heavy (non-hydrogen) atoms. The Morgan fingerprint density at radius 1 is 1.50 bits per heavy atom. The van der Waals surface area contributed by atoms with Crippen molar-refractivity contribution in [3.8, 4) is 0 Å². The van der Waals surface area contributed by atoms with Crippen LogP contribution in [0.1, 0.15) is 22.2 Å². The van der Waals surface area contributed by atoms with Gasteiger partial charge in [-0.2, -0.15) is 0 Å². The van der Waals surface area contributed by atoms with Gasteiger partial charge in [-0.05, 0) is 32.2 Å². The highest BCUT2D eigenvalue weighted by Crippen LogP contribution is 2.23. The van der Waals surface area contributed by atoms with E-state index in [9.17, 15) is 4.79 Å². The number of carbonyl (C=O) groups is 1. The second kappa shape index (κ2) is 5.69. The van der Waals surface area contributed by atoms with Crippen LogP contribution in [-0.4, -0.2) is 23.8 Å². The lowest BCUT2D eigenvalue weighted by Gasteiger charge is -2.22. The highest BCUT2D eigenvalue weighted by atomic mass is 35.5. The lowest BCUT2D eigenvalue weighted by Crippen LogP contribution is -2.35. The predicted octanol–water partition coefficient (Wildman–Crippen LogP) is 3.70. The minimum absolute atomic E-state index is 0.0953. The van der Waals surface area contributed by atoms with E-state index >= 15 is 0 Å². The first-order chi connectivity index (χ1) is 8.58. The van der Waals surface area contributed by atoms with Gasteiger partial charge in [0, 0.05) is 12.1 Å². The molecule has 5 heteroatoms. The Labute approximate surface area is 115 Å². The first-order valence-corrected chi connectivity index (χ1v) is 6.78. The number of carbonyl (C=O) groups excluding carboxylic acids is 1. The summed E-state index contributed by atoms with van der Waals surface area (Å²) < 4.78 is 5.66. The van der Waals surface area contributed by atoms with Crippen molar-refractivity contribution in [1.29, 1.82) is 0 Å². The minimum atomic E-state index is -0.186. The van der Waals surface area contributed by atoms with Crippen molar-refractivity contribution in [2.75, 3.05) is 7.05 Å². The highest BCUT2D eigenvalue weighted by Gasteiger charge is 2.21. The van der Waals surface area contributed by atoms with Crippen molar-refractivity contribution in [3.05, 3.63) is 45.5 Å². The zero-order chi connectivity index (χ0) is 13.1. The van der Waals surface area contributed by atoms with E-state index in [1.54, 1.807) is 24.7 Å². The molecule has 0 bridgehead atoms. The molecular weight excluding hydrogens is 270 g/mol. The maximum absolute atomic E-state index is 12.2. The number of halogens is 1. The first kappa shape index (κ1) is 13.3. The van der Waals surface area contributed by atoms with E-state index in [1.807, 2.05) is 24.9 Å². The summed E-state index contributed by atoms with van der Waals surface area (Å²) in [4.78, 5) is 14.9. The van der Waals surface area contributed by atoms with Gasteiger partial charge in [0.1, 0.15) is 0 Å². The Kier molecular flexibility index (Phi) is 4.22. The van der Waals surface area contributed by atoms with Gasteiger partial charge in [0.05, 0.1) is 27.8 Å². The molecule has 2 rings (SSSR count). The van der Waals surface area contributed by atoms with Crippen molar-refractivity contribution in [3.63, 3.8) is 0 Å². The predicted molar refractivity (Wildman–Crippen MR) is 73.3 cm³/mol. The van der Waals surface area contributed by atoms with Crippen LogP contribution in [0.2, 0.25) is 4.34 Å². The lowest BCUT2D eigenvalue weighted by atomic mass is 10.1. The summed E-state index contributed by atoms with van der Waals surface area (Å²) in [6, 6.07) is 5.24. The summed E-state index contributed by atoms with van der Waals surface area (Å²) in [5, 5.41) is 0. The minimum Gasteiger partial charge on any atom is -0.472 e. The summed E-state index contributed by atoms with van der Waals surface area (Å²) >= 11 is 7.16. The normalized spacial score (nSPS) is 12.9. The fraction of sp³-hybridized carbons (Fsp3) is 0.308. The van der Waals surface area contributed by atoms with Gasteiger partial charge in [-0.3, -0.25) is 9.69 Å². The number of hydrogen-bond acceptors (Lipinski definition) is 4. The van der Waals surface area contributed by atoms with Crippen molar-refractivity contribution in [2.45, 2.75) is 19.5 Å². The second-order valence-electron chi connectivity index (χ2n) is 4.19. The molecule has 2 heterocycles. The summed E-state index contributed by atoms with van der Waals surface area (Å²) in [6.45, 7) is 2.58. The smallest absolute Gasteiger partial charge is 0.189 e. The summed E-state index contributed by atoms with van der Waals surface area (Å²) in [6.07, 6.45) is 3.32. The average molecular weight is 284 g/mol. The zero-order valence-corrected chi connectivity index (χ0v) is 11.8. The maximum Gasteiger partial charge on any atom is 0.189 e. The third-order valence-electron chi connectivity index (χ3n) is 2.87. The molecule has 0 saturated heterocycles. The zero-order valence-electron chi connectivity index (χ0n) is 10.2. The van der Waals surface area contributed by atoms with Gasteiger partial charge in [-0.1, -0.05) is 11.6 Å². The molecule has 0 amide bonds. The van der Waals surface area contributed by atoms with Gasteiger partial charge < -0.3 is 4.42 Å². The number of nitrogens with zero attached hydrogens (tertiary/aromatic N) is 1. The van der Waals surface area contributed by atoms with E-state index in [-0.39, 0.29) is 11.8 Å². The molecular formula is C13H14ClNO2S. The molecule has 0 saturated carbocycles. The van der Waals surface area contributed by atoms with E-state index < -0.39 is 0 Å². The van der Waals surface area contributed by atoms with E-state index in [4.69, 9.17) is 16.0 Å². The highest BCUT2D eigenvalue weighted by molar-refractivity contribution is 7.18. The molecule has 0 aromatic carbocycles. The van der Waals surface area contributed by atoms with Gasteiger partial charge in [0.25, 0.3) is 0 Å². The van der Waals surface area contributed by atoms with Crippen LogP contribution >= 0.6 is 22.9 Å². The molecule has 0 fully saturated rings. The molecule has 0 aliphatic rings. The van der Waals surface area contributed by atoms with Crippen LogP contribution in [0.3, 0.4) is 0 Å². The molecule has 1 unspecified atom stereocenters. The fourth-order valence-corrected chi connectivity index (χ4v) is 2.73. The van der Waals surface area contributed by atoms with Crippen molar-refractivity contribution >= 4 is 28.7 Å². The third kappa shape index (κ3) is 3.02. The first-order valence-electron chi connectivity index (χ1n) is 5.59. The number of Topliss-reactive ketones (excluding diaryl/α,β-unsaturated/α-hetero) is 1. The van der Waals surface area contributed by atoms with Crippen molar-refractivity contribution in [1.82, 2.24) is 4.90 Å². The van der Waals surface area contributed by atoms with Crippen LogP contribution in [0, 0.1) is 0 Å². The van der Waals surface area contributed by atoms with Crippen molar-refractivity contribution in [2.24, 2.45) is 0 Å². The standard InChI is InChI=1S/C13H14ClNO2S/c1-9(13(16)11-3-4-12(14)18-11)15(2)7-10-5-6-17-8-10/h3-6,8-9H,7H2,1-2H3. The fourth-order valence-electron chi connectivity index (χ4n) is 1.66. The molecule has 0 spiro atoms. The molecule has 96 valence electrons. The molecule has 3 nitrogen and oxygen atoms in total. The number of ketones is 1. The number of hydrogen-bond donors (Lipinski definition) is 0. The largest absolute Gasteiger partial charge is 0.472 e. The number of likely N-dealkylation sites (N-methyl/N-ethyl adjacent to an activating group) is 1. The topological polar surface area (TPSA) is 33.5 Å². The van der Waals surface area contributed by atoms with E-state index in [1.165, 1.54) is 11.3 Å². The van der Waals surface area contributed by atoms with Gasteiger partial charge in [0.15, 0.2) is 5.78 Å². The quantitative estimate of drug-likeness (QED) is 0.785. The summed E-state index contributed by atoms with van der Waals surface area (Å²) in [5.74, 6) is 0.0953. The Hall–Kier alpha value is -1.10. The Morgan fingerprint density at radius 2 is 2.28 bits per heavy atom. The molecule has 0 N–H and O–H groups in total. The number of rotatable bonds is 5. The van der Waals surface area contributed by atoms with Crippen LogP contribution in [0.25, 0.3) is 0 Å². The van der Waals surface area contributed by atoms with Gasteiger partial charge >= 0.3 is 0 Å². The van der Waals surface area contributed by atoms with Crippen LogP contribution in [-0.2, 0) is 6.54 Å². The van der Waals surface area contributed by atoms with E-state index in [0.717, 1.165) is 5.56 Å². The van der Waals surface area contributed by atoms with E-state index in [0.29, 0.717) is 15.8 Å². The molecule has 0 radical (unpaired) electrons. The summed E-state index contributed by atoms with van der Waals surface area (Å²) in [5.41, 5.74) is 1.06. The molecule has 1 atom stereocenters. The Bertz CT molecular complexity index is 521. The Morgan fingerprint density at radius 3 is 2.83 bits per heavy atom. The molecule has 0 aliphatic carbocycles. The van der Waals surface area contributed by atoms with Gasteiger partial charge in [-0.15, -0.1) is 11.3 Å². The van der Waals surface area contributed by atoms with Crippen LogP contribution in [0.15, 0.2) is 35.1 Å². The van der Waals surface area contributed by atoms with Crippen LogP contribution in [0.4, 0.5) is 0 Å².